The molecule has 2 amide bonds. The van der Waals surface area contributed by atoms with Gasteiger partial charge in [0.15, 0.2) is 23.1 Å². The summed E-state index contributed by atoms with van der Waals surface area (Å²) in [6, 6.07) is 7.28. The van der Waals surface area contributed by atoms with Crippen molar-refractivity contribution in [2.24, 2.45) is 5.92 Å². The largest absolute Gasteiger partial charge is 0.366 e. The molecular formula is C23H25N7O2. The van der Waals surface area contributed by atoms with Crippen LogP contribution in [0.25, 0.3) is 11.0 Å². The third-order valence-electron chi connectivity index (χ3n) is 6.92. The van der Waals surface area contributed by atoms with E-state index in [2.05, 4.69) is 25.4 Å². The number of amides is 2. The van der Waals surface area contributed by atoms with Gasteiger partial charge in [0.25, 0.3) is 0 Å². The third kappa shape index (κ3) is 3.03. The second kappa shape index (κ2) is 7.29. The SMILES string of the molecule is Cc1ccc2c(NC(=O)N3c4nc(C(=O)C5CCC5)ccc4N4CCC[C@H]3C4)n[nH]c2n1. The van der Waals surface area contributed by atoms with Crippen LogP contribution in [0.5, 0.6) is 0 Å². The molecule has 3 aromatic heterocycles. The minimum Gasteiger partial charge on any atom is -0.366 e. The molecule has 3 aliphatic rings. The predicted octanol–water partition coefficient (Wildman–Crippen LogP) is 3.67. The van der Waals surface area contributed by atoms with Crippen LogP contribution in [0.3, 0.4) is 0 Å². The lowest BCUT2D eigenvalue weighted by Crippen LogP contribution is -2.56. The number of Topliss-reactive ketones (excluding diaryl/α,β-unsaturated/α-hetero) is 1. The summed E-state index contributed by atoms with van der Waals surface area (Å²) >= 11 is 0. The monoisotopic (exact) mass is 431 g/mol. The number of aromatic amines is 1. The number of ketones is 1. The Hall–Kier alpha value is -3.49. The third-order valence-corrected chi connectivity index (χ3v) is 6.92. The summed E-state index contributed by atoms with van der Waals surface area (Å²) in [4.78, 5) is 39.5. The molecule has 0 aromatic carbocycles. The smallest absolute Gasteiger partial charge is 0.329 e. The molecule has 2 fully saturated rings. The maximum Gasteiger partial charge on any atom is 0.329 e. The van der Waals surface area contributed by atoms with E-state index in [0.29, 0.717) is 23.0 Å². The number of H-pyrrole nitrogens is 1. The zero-order valence-electron chi connectivity index (χ0n) is 18.0. The molecule has 5 heterocycles. The molecule has 0 spiro atoms. The summed E-state index contributed by atoms with van der Waals surface area (Å²) in [6.45, 7) is 3.61. The highest BCUT2D eigenvalue weighted by atomic mass is 16.2. The Balaban J connectivity index is 1.36. The van der Waals surface area contributed by atoms with Crippen molar-refractivity contribution >= 4 is 40.2 Å². The summed E-state index contributed by atoms with van der Waals surface area (Å²) < 4.78 is 0. The van der Waals surface area contributed by atoms with Crippen molar-refractivity contribution < 1.29 is 9.59 Å². The minimum atomic E-state index is -0.285. The van der Waals surface area contributed by atoms with Gasteiger partial charge in [-0.15, -0.1) is 0 Å². The van der Waals surface area contributed by atoms with Crippen LogP contribution in [0.15, 0.2) is 24.3 Å². The molecule has 1 aliphatic carbocycles. The Kier molecular flexibility index (Phi) is 4.38. The van der Waals surface area contributed by atoms with Gasteiger partial charge in [-0.3, -0.25) is 20.1 Å². The summed E-state index contributed by atoms with van der Waals surface area (Å²) in [5.74, 6) is 1.17. The molecule has 0 unspecified atom stereocenters. The van der Waals surface area contributed by atoms with Crippen LogP contribution in [0.2, 0.25) is 0 Å². The Morgan fingerprint density at radius 1 is 1.09 bits per heavy atom. The van der Waals surface area contributed by atoms with Gasteiger partial charge >= 0.3 is 6.03 Å². The number of anilines is 3. The van der Waals surface area contributed by atoms with Gasteiger partial charge in [-0.25, -0.2) is 14.8 Å². The lowest BCUT2D eigenvalue weighted by Gasteiger charge is -2.45. The first kappa shape index (κ1) is 19.2. The van der Waals surface area contributed by atoms with E-state index >= 15 is 0 Å². The number of piperidine rings is 1. The second-order valence-electron chi connectivity index (χ2n) is 8.99. The fourth-order valence-electron chi connectivity index (χ4n) is 4.96. The molecular weight excluding hydrogens is 406 g/mol. The van der Waals surface area contributed by atoms with E-state index in [4.69, 9.17) is 4.98 Å². The minimum absolute atomic E-state index is 0.00313. The molecule has 3 aromatic rings. The van der Waals surface area contributed by atoms with Gasteiger partial charge in [0.05, 0.1) is 17.1 Å². The van der Waals surface area contributed by atoms with Crippen LogP contribution in [0, 0.1) is 12.8 Å². The number of nitrogens with one attached hydrogen (secondary N) is 2. The topological polar surface area (TPSA) is 107 Å². The number of urea groups is 1. The number of nitrogens with zero attached hydrogens (tertiary/aromatic N) is 5. The van der Waals surface area contributed by atoms with Crippen LogP contribution >= 0.6 is 0 Å². The first-order chi connectivity index (χ1) is 15.6. The quantitative estimate of drug-likeness (QED) is 0.613. The van der Waals surface area contributed by atoms with Crippen molar-refractivity contribution in [1.82, 2.24) is 20.2 Å². The van der Waals surface area contributed by atoms with E-state index in [0.717, 1.165) is 62.0 Å². The van der Waals surface area contributed by atoms with Crippen LogP contribution < -0.4 is 15.1 Å². The van der Waals surface area contributed by atoms with E-state index < -0.39 is 0 Å². The molecule has 164 valence electrons. The lowest BCUT2D eigenvalue weighted by atomic mass is 9.81. The molecule has 9 heteroatoms. The van der Waals surface area contributed by atoms with Crippen molar-refractivity contribution in [3.8, 4) is 0 Å². The highest BCUT2D eigenvalue weighted by Gasteiger charge is 2.39. The van der Waals surface area contributed by atoms with Crippen molar-refractivity contribution in [2.45, 2.75) is 45.1 Å². The Labute approximate surface area is 185 Å². The molecule has 6 rings (SSSR count). The first-order valence-electron chi connectivity index (χ1n) is 11.3. The first-order valence-corrected chi connectivity index (χ1v) is 11.3. The number of fused-ring (bicyclic) bond motifs is 5. The van der Waals surface area contributed by atoms with Gasteiger partial charge in [-0.1, -0.05) is 6.42 Å². The summed E-state index contributed by atoms with van der Waals surface area (Å²) in [6.07, 6.45) is 4.85. The molecule has 1 atom stereocenters. The van der Waals surface area contributed by atoms with Crippen LogP contribution in [0.1, 0.15) is 48.3 Å². The number of pyridine rings is 2. The number of aryl methyl sites for hydroxylation is 1. The zero-order chi connectivity index (χ0) is 21.8. The fraction of sp³-hybridized carbons (Fsp3) is 0.435. The van der Waals surface area contributed by atoms with Crippen LogP contribution in [-0.2, 0) is 0 Å². The highest BCUT2D eigenvalue weighted by molar-refractivity contribution is 6.08. The maximum absolute atomic E-state index is 13.5. The lowest BCUT2D eigenvalue weighted by molar-refractivity contribution is 0.0850. The molecule has 1 saturated heterocycles. The maximum atomic E-state index is 13.5. The van der Waals surface area contributed by atoms with Crippen LogP contribution in [0.4, 0.5) is 22.1 Å². The molecule has 2 aliphatic heterocycles. The Morgan fingerprint density at radius 3 is 2.78 bits per heavy atom. The average Bonchev–Trinajstić information content (AvgIpc) is 3.14. The number of carbonyl (C=O) groups is 2. The van der Waals surface area contributed by atoms with Gasteiger partial charge in [0.2, 0.25) is 0 Å². The van der Waals surface area contributed by atoms with Crippen molar-refractivity contribution in [3.05, 3.63) is 35.7 Å². The average molecular weight is 432 g/mol. The summed E-state index contributed by atoms with van der Waals surface area (Å²) in [7, 11) is 0. The van der Waals surface area contributed by atoms with Crippen molar-refractivity contribution in [1.29, 1.82) is 0 Å². The normalized spacial score (nSPS) is 20.1. The van der Waals surface area contributed by atoms with Crippen molar-refractivity contribution in [2.75, 3.05) is 28.2 Å². The molecule has 32 heavy (non-hydrogen) atoms. The van der Waals surface area contributed by atoms with E-state index in [-0.39, 0.29) is 23.8 Å². The molecule has 0 radical (unpaired) electrons. The van der Waals surface area contributed by atoms with Gasteiger partial charge in [-0.2, -0.15) is 5.10 Å². The highest BCUT2D eigenvalue weighted by Crippen LogP contribution is 2.39. The summed E-state index contributed by atoms with van der Waals surface area (Å²) in [5.41, 5.74) is 2.87. The molecule has 2 bridgehead atoms. The standard InChI is InChI=1S/C23H25N7O2/c1-13-7-8-16-20(24-13)27-28-21(16)26-23(32)30-15-6-3-11-29(12-15)18-10-9-17(25-22(18)30)19(31)14-4-2-5-14/h7-10,14-15H,2-6,11-12H2,1H3,(H2,24,26,27,28,32)/t15-/m0/s1. The number of carbonyl (C=O) groups excluding carboxylic acids is 2. The predicted molar refractivity (Wildman–Crippen MR) is 121 cm³/mol. The number of rotatable bonds is 3. The number of aromatic nitrogens is 4. The zero-order valence-corrected chi connectivity index (χ0v) is 18.0. The van der Waals surface area contributed by atoms with Crippen molar-refractivity contribution in [3.63, 3.8) is 0 Å². The van der Waals surface area contributed by atoms with E-state index in [1.54, 1.807) is 4.90 Å². The van der Waals surface area contributed by atoms with Crippen LogP contribution in [-0.4, -0.2) is 51.1 Å². The van der Waals surface area contributed by atoms with Gasteiger partial charge in [0, 0.05) is 24.7 Å². The van der Waals surface area contributed by atoms with Gasteiger partial charge in [0.1, 0.15) is 5.69 Å². The summed E-state index contributed by atoms with van der Waals surface area (Å²) in [5, 5.41) is 10.9. The van der Waals surface area contributed by atoms with E-state index in [1.165, 1.54) is 0 Å². The Bertz CT molecular complexity index is 1230. The van der Waals surface area contributed by atoms with E-state index in [1.807, 2.05) is 31.2 Å². The second-order valence-corrected chi connectivity index (χ2v) is 8.99. The van der Waals surface area contributed by atoms with Gasteiger partial charge in [-0.05, 0) is 56.9 Å². The molecule has 2 N–H and O–H groups in total. The molecule has 1 saturated carbocycles. The molecule has 9 nitrogen and oxygen atoms in total. The Morgan fingerprint density at radius 2 is 1.97 bits per heavy atom. The fourth-order valence-corrected chi connectivity index (χ4v) is 4.96. The van der Waals surface area contributed by atoms with E-state index in [9.17, 15) is 9.59 Å². The number of hydrogen-bond acceptors (Lipinski definition) is 6. The van der Waals surface area contributed by atoms with Gasteiger partial charge < -0.3 is 4.90 Å². The number of hydrogen-bond donors (Lipinski definition) is 2.